The summed E-state index contributed by atoms with van der Waals surface area (Å²) in [6, 6.07) is 19.7. The maximum absolute atomic E-state index is 9.28. The van der Waals surface area contributed by atoms with Gasteiger partial charge in [-0.2, -0.15) is 5.26 Å². The van der Waals surface area contributed by atoms with Gasteiger partial charge in [-0.1, -0.05) is 42.5 Å². The Morgan fingerprint density at radius 2 is 1.53 bits per heavy atom. The molecule has 0 aliphatic heterocycles. The number of nitriles is 1. The highest BCUT2D eigenvalue weighted by atomic mass is 16.5. The van der Waals surface area contributed by atoms with Crippen LogP contribution in [0.2, 0.25) is 0 Å². The fourth-order valence-corrected chi connectivity index (χ4v) is 1.78. The summed E-state index contributed by atoms with van der Waals surface area (Å²) in [7, 11) is 1.63. The van der Waals surface area contributed by atoms with Crippen molar-refractivity contribution in [2.45, 2.75) is 5.92 Å². The maximum atomic E-state index is 9.28. The van der Waals surface area contributed by atoms with Crippen molar-refractivity contribution in [3.63, 3.8) is 0 Å². The average Bonchev–Trinajstić information content (AvgIpc) is 2.42. The lowest BCUT2D eigenvalue weighted by atomic mass is 9.93. The van der Waals surface area contributed by atoms with Crippen molar-refractivity contribution >= 4 is 0 Å². The van der Waals surface area contributed by atoms with E-state index in [-0.39, 0.29) is 5.92 Å². The Labute approximate surface area is 101 Å². The van der Waals surface area contributed by atoms with E-state index in [4.69, 9.17) is 4.74 Å². The fourth-order valence-electron chi connectivity index (χ4n) is 1.78. The Balaban J connectivity index is 2.33. The number of benzene rings is 2. The molecule has 2 aromatic rings. The van der Waals surface area contributed by atoms with Gasteiger partial charge in [-0.05, 0) is 23.3 Å². The topological polar surface area (TPSA) is 33.0 Å². The molecule has 1 atom stereocenters. The number of ether oxygens (including phenoxy) is 1. The summed E-state index contributed by atoms with van der Waals surface area (Å²) in [5, 5.41) is 9.28. The molecule has 0 saturated heterocycles. The van der Waals surface area contributed by atoms with Gasteiger partial charge in [0.15, 0.2) is 0 Å². The Morgan fingerprint density at radius 1 is 0.941 bits per heavy atom. The Morgan fingerprint density at radius 3 is 2.06 bits per heavy atom. The standard InChI is InChI=1S/C15H13NO/c1-17-14-9-7-13(8-10-14)15(11-16)12-5-3-2-4-6-12/h2-10,15H,1H3/t15-/m1/s1. The molecule has 0 aliphatic carbocycles. The van der Waals surface area contributed by atoms with E-state index >= 15 is 0 Å². The predicted molar refractivity (Wildman–Crippen MR) is 66.9 cm³/mol. The van der Waals surface area contributed by atoms with Gasteiger partial charge in [-0.25, -0.2) is 0 Å². The molecule has 2 nitrogen and oxygen atoms in total. The normalized spacial score (nSPS) is 11.5. The first-order valence-corrected chi connectivity index (χ1v) is 5.43. The molecule has 0 spiro atoms. The smallest absolute Gasteiger partial charge is 0.118 e. The third kappa shape index (κ3) is 2.46. The molecule has 0 bridgehead atoms. The zero-order chi connectivity index (χ0) is 12.1. The summed E-state index contributed by atoms with van der Waals surface area (Å²) in [6.45, 7) is 0. The largest absolute Gasteiger partial charge is 0.497 e. The predicted octanol–water partition coefficient (Wildman–Crippen LogP) is 3.35. The Kier molecular flexibility index (Phi) is 3.42. The van der Waals surface area contributed by atoms with Gasteiger partial charge in [0, 0.05) is 0 Å². The van der Waals surface area contributed by atoms with Crippen LogP contribution in [-0.2, 0) is 0 Å². The molecule has 2 heteroatoms. The van der Waals surface area contributed by atoms with Crippen molar-refractivity contribution in [3.8, 4) is 11.8 Å². The fraction of sp³-hybridized carbons (Fsp3) is 0.133. The van der Waals surface area contributed by atoms with Gasteiger partial charge in [0.05, 0.1) is 19.1 Å². The SMILES string of the molecule is COc1ccc([C@H](C#N)c2ccccc2)cc1. The lowest BCUT2D eigenvalue weighted by Crippen LogP contribution is -1.97. The Hall–Kier alpha value is -2.27. The minimum Gasteiger partial charge on any atom is -0.497 e. The number of methoxy groups -OCH3 is 1. The van der Waals surface area contributed by atoms with Gasteiger partial charge < -0.3 is 4.74 Å². The average molecular weight is 223 g/mol. The third-order valence-corrected chi connectivity index (χ3v) is 2.71. The van der Waals surface area contributed by atoms with Crippen LogP contribution in [-0.4, -0.2) is 7.11 Å². The van der Waals surface area contributed by atoms with Crippen LogP contribution in [0.5, 0.6) is 5.75 Å². The van der Waals surface area contributed by atoms with Crippen LogP contribution in [0, 0.1) is 11.3 Å². The molecule has 84 valence electrons. The van der Waals surface area contributed by atoms with Gasteiger partial charge in [-0.3, -0.25) is 0 Å². The monoisotopic (exact) mass is 223 g/mol. The van der Waals surface area contributed by atoms with Gasteiger partial charge in [0.2, 0.25) is 0 Å². The van der Waals surface area contributed by atoms with Gasteiger partial charge >= 0.3 is 0 Å². The maximum Gasteiger partial charge on any atom is 0.118 e. The molecule has 0 aliphatic rings. The molecule has 0 N–H and O–H groups in total. The molecule has 2 aromatic carbocycles. The van der Waals surface area contributed by atoms with Crippen molar-refractivity contribution in [1.29, 1.82) is 5.26 Å². The summed E-state index contributed by atoms with van der Waals surface area (Å²) in [5.74, 6) is 0.584. The molecule has 0 heterocycles. The summed E-state index contributed by atoms with van der Waals surface area (Å²) >= 11 is 0. The minimum atomic E-state index is -0.220. The van der Waals surface area contributed by atoms with Crippen molar-refractivity contribution < 1.29 is 4.74 Å². The molecule has 17 heavy (non-hydrogen) atoms. The van der Waals surface area contributed by atoms with Crippen molar-refractivity contribution in [1.82, 2.24) is 0 Å². The first kappa shape index (κ1) is 11.2. The lowest BCUT2D eigenvalue weighted by Gasteiger charge is -2.10. The van der Waals surface area contributed by atoms with Gasteiger partial charge in [0.1, 0.15) is 5.75 Å². The van der Waals surface area contributed by atoms with Crippen LogP contribution in [0.4, 0.5) is 0 Å². The number of rotatable bonds is 3. The summed E-state index contributed by atoms with van der Waals surface area (Å²) < 4.78 is 5.11. The van der Waals surface area contributed by atoms with E-state index in [1.165, 1.54) is 0 Å². The van der Waals surface area contributed by atoms with Crippen LogP contribution in [0.1, 0.15) is 17.0 Å². The first-order valence-electron chi connectivity index (χ1n) is 5.43. The second-order valence-electron chi connectivity index (χ2n) is 3.75. The third-order valence-electron chi connectivity index (χ3n) is 2.71. The zero-order valence-electron chi connectivity index (χ0n) is 9.63. The highest BCUT2D eigenvalue weighted by Gasteiger charge is 2.12. The van der Waals surface area contributed by atoms with Crippen molar-refractivity contribution in [3.05, 3.63) is 65.7 Å². The molecular weight excluding hydrogens is 210 g/mol. The molecule has 2 rings (SSSR count). The quantitative estimate of drug-likeness (QED) is 0.799. The van der Waals surface area contributed by atoms with E-state index < -0.39 is 0 Å². The van der Waals surface area contributed by atoms with Crippen LogP contribution in [0.15, 0.2) is 54.6 Å². The molecule has 0 saturated carbocycles. The molecule has 0 aromatic heterocycles. The van der Waals surface area contributed by atoms with Gasteiger partial charge in [0.25, 0.3) is 0 Å². The molecule has 0 amide bonds. The second kappa shape index (κ2) is 5.18. The van der Waals surface area contributed by atoms with Crippen LogP contribution in [0.3, 0.4) is 0 Å². The van der Waals surface area contributed by atoms with Crippen molar-refractivity contribution in [2.24, 2.45) is 0 Å². The highest BCUT2D eigenvalue weighted by molar-refractivity contribution is 5.40. The van der Waals surface area contributed by atoms with Gasteiger partial charge in [-0.15, -0.1) is 0 Å². The second-order valence-corrected chi connectivity index (χ2v) is 3.75. The van der Waals surface area contributed by atoms with Crippen LogP contribution >= 0.6 is 0 Å². The lowest BCUT2D eigenvalue weighted by molar-refractivity contribution is 0.414. The first-order chi connectivity index (χ1) is 8.35. The molecule has 0 radical (unpaired) electrons. The summed E-state index contributed by atoms with van der Waals surface area (Å²) in [6.07, 6.45) is 0. The summed E-state index contributed by atoms with van der Waals surface area (Å²) in [5.41, 5.74) is 2.00. The number of hydrogen-bond donors (Lipinski definition) is 0. The minimum absolute atomic E-state index is 0.220. The van der Waals surface area contributed by atoms with E-state index in [0.29, 0.717) is 0 Å². The number of nitrogens with zero attached hydrogens (tertiary/aromatic N) is 1. The summed E-state index contributed by atoms with van der Waals surface area (Å²) in [4.78, 5) is 0. The molecule has 0 unspecified atom stereocenters. The van der Waals surface area contributed by atoms with Crippen LogP contribution < -0.4 is 4.74 Å². The van der Waals surface area contributed by atoms with Crippen LogP contribution in [0.25, 0.3) is 0 Å². The molecular formula is C15H13NO. The van der Waals surface area contributed by atoms with E-state index in [1.54, 1.807) is 7.11 Å². The van der Waals surface area contributed by atoms with Crippen molar-refractivity contribution in [2.75, 3.05) is 7.11 Å². The Bertz CT molecular complexity index is 511. The number of hydrogen-bond acceptors (Lipinski definition) is 2. The molecule has 0 fully saturated rings. The van der Waals surface area contributed by atoms with E-state index in [2.05, 4.69) is 6.07 Å². The van der Waals surface area contributed by atoms with E-state index in [0.717, 1.165) is 16.9 Å². The van der Waals surface area contributed by atoms with E-state index in [9.17, 15) is 5.26 Å². The zero-order valence-corrected chi connectivity index (χ0v) is 9.63. The van der Waals surface area contributed by atoms with E-state index in [1.807, 2.05) is 54.6 Å². The highest BCUT2D eigenvalue weighted by Crippen LogP contribution is 2.25.